The Kier molecular flexibility index (Phi) is 4.78. The summed E-state index contributed by atoms with van der Waals surface area (Å²) in [5.74, 6) is 0. The molecule has 0 spiro atoms. The second-order valence-corrected chi connectivity index (χ2v) is 8.66. The zero-order valence-electron chi connectivity index (χ0n) is 12.1. The summed E-state index contributed by atoms with van der Waals surface area (Å²) in [7, 11) is 0.374. The van der Waals surface area contributed by atoms with E-state index >= 15 is 0 Å². The maximum absolute atomic E-state index is 11.5. The number of sulfone groups is 1. The molecule has 9 heteroatoms. The Morgan fingerprint density at radius 2 is 2.00 bits per heavy atom. The quantitative estimate of drug-likeness (QED) is 0.634. The molecule has 0 aliphatic rings. The van der Waals surface area contributed by atoms with E-state index in [9.17, 15) is 18.5 Å². The summed E-state index contributed by atoms with van der Waals surface area (Å²) in [5, 5.41) is 14.2. The van der Waals surface area contributed by atoms with Crippen molar-refractivity contribution in [3.05, 3.63) is 16.2 Å². The number of rotatable bonds is 6. The molecule has 1 rings (SSSR count). The van der Waals surface area contributed by atoms with Gasteiger partial charge >= 0.3 is 5.69 Å². The number of nitro groups is 1. The fourth-order valence-electron chi connectivity index (χ4n) is 1.26. The first kappa shape index (κ1) is 16.9. The third-order valence-corrected chi connectivity index (χ3v) is 6.03. The topological polar surface area (TPSA) is 92.6 Å². The molecule has 1 heterocycles. The van der Waals surface area contributed by atoms with Crippen LogP contribution in [-0.2, 0) is 9.84 Å². The van der Waals surface area contributed by atoms with Crippen LogP contribution in [0.4, 0.5) is 10.7 Å². The summed E-state index contributed by atoms with van der Waals surface area (Å²) in [5.41, 5.74) is -0.423. The maximum atomic E-state index is 11.5. The first-order valence-electron chi connectivity index (χ1n) is 5.85. The molecule has 1 N–H and O–H groups in total. The second kappa shape index (κ2) is 5.66. The van der Waals surface area contributed by atoms with E-state index in [0.29, 0.717) is 6.54 Å². The van der Waals surface area contributed by atoms with E-state index in [1.807, 2.05) is 32.8 Å². The van der Waals surface area contributed by atoms with Gasteiger partial charge in [-0.25, -0.2) is 8.42 Å². The highest BCUT2D eigenvalue weighted by molar-refractivity contribution is 7.92. The molecule has 1 aromatic heterocycles. The van der Waals surface area contributed by atoms with Crippen LogP contribution in [0.3, 0.4) is 0 Å². The van der Waals surface area contributed by atoms with E-state index in [2.05, 4.69) is 5.32 Å². The summed E-state index contributed by atoms with van der Waals surface area (Å²) < 4.78 is 23.0. The lowest BCUT2D eigenvalue weighted by Crippen LogP contribution is -2.44. The molecule has 7 nitrogen and oxygen atoms in total. The Balaban J connectivity index is 3.06. The Labute approximate surface area is 122 Å². The summed E-state index contributed by atoms with van der Waals surface area (Å²) in [6, 6.07) is 1.10. The molecule has 0 aliphatic carbocycles. The number of nitrogens with one attached hydrogen (secondary N) is 1. The second-order valence-electron chi connectivity index (χ2n) is 5.37. The first-order valence-corrected chi connectivity index (χ1v) is 8.55. The molecule has 0 saturated heterocycles. The van der Waals surface area contributed by atoms with Crippen LogP contribution in [0.25, 0.3) is 0 Å². The van der Waals surface area contributed by atoms with Gasteiger partial charge in [0.15, 0.2) is 14.8 Å². The number of anilines is 1. The smallest absolute Gasteiger partial charge is 0.304 e. The van der Waals surface area contributed by atoms with Crippen LogP contribution in [0.2, 0.25) is 0 Å². The number of nitrogens with zero attached hydrogens (tertiary/aromatic N) is 2. The van der Waals surface area contributed by atoms with Gasteiger partial charge in [0.25, 0.3) is 0 Å². The number of hydrogen-bond acceptors (Lipinski definition) is 7. The Bertz CT molecular complexity index is 605. The Morgan fingerprint density at radius 3 is 2.40 bits per heavy atom. The van der Waals surface area contributed by atoms with Gasteiger partial charge in [0.1, 0.15) is 4.21 Å². The molecular formula is C11H19N3O4S2. The van der Waals surface area contributed by atoms with Crippen LogP contribution < -0.4 is 5.32 Å². The molecule has 0 aromatic carbocycles. The molecule has 0 saturated carbocycles. The molecule has 0 amide bonds. The Morgan fingerprint density at radius 1 is 1.45 bits per heavy atom. The average molecular weight is 321 g/mol. The minimum Gasteiger partial charge on any atom is -0.369 e. The van der Waals surface area contributed by atoms with Crippen molar-refractivity contribution < 1.29 is 13.3 Å². The van der Waals surface area contributed by atoms with E-state index in [0.717, 1.165) is 23.7 Å². The van der Waals surface area contributed by atoms with Gasteiger partial charge in [0.2, 0.25) is 0 Å². The van der Waals surface area contributed by atoms with Crippen molar-refractivity contribution in [1.82, 2.24) is 4.90 Å². The maximum Gasteiger partial charge on any atom is 0.304 e. The van der Waals surface area contributed by atoms with Crippen molar-refractivity contribution in [3.63, 3.8) is 0 Å². The lowest BCUT2D eigenvalue weighted by atomic mass is 10.0. The number of hydrogen-bond donors (Lipinski definition) is 1. The fourth-order valence-corrected chi connectivity index (χ4v) is 3.19. The zero-order chi connectivity index (χ0) is 15.7. The van der Waals surface area contributed by atoms with E-state index in [4.69, 9.17) is 0 Å². The largest absolute Gasteiger partial charge is 0.369 e. The highest BCUT2D eigenvalue weighted by atomic mass is 32.2. The number of likely N-dealkylation sites (N-methyl/N-ethyl adjacent to an activating group) is 1. The summed E-state index contributed by atoms with van der Waals surface area (Å²) >= 11 is 0.888. The molecule has 20 heavy (non-hydrogen) atoms. The minimum absolute atomic E-state index is 0.00522. The van der Waals surface area contributed by atoms with Crippen molar-refractivity contribution in [2.24, 2.45) is 0 Å². The fraction of sp³-hybridized carbons (Fsp3) is 0.636. The molecule has 0 bridgehead atoms. The predicted octanol–water partition coefficient (Wildman–Crippen LogP) is 1.81. The van der Waals surface area contributed by atoms with E-state index in [-0.39, 0.29) is 20.4 Å². The number of thiophene rings is 1. The predicted molar refractivity (Wildman–Crippen MR) is 80.3 cm³/mol. The van der Waals surface area contributed by atoms with Crippen molar-refractivity contribution in [3.8, 4) is 0 Å². The van der Waals surface area contributed by atoms with Crippen molar-refractivity contribution in [1.29, 1.82) is 0 Å². The van der Waals surface area contributed by atoms with Gasteiger partial charge in [-0.05, 0) is 27.9 Å². The van der Waals surface area contributed by atoms with Crippen LogP contribution in [0.15, 0.2) is 10.3 Å². The van der Waals surface area contributed by atoms with Gasteiger partial charge in [0, 0.05) is 24.4 Å². The molecule has 0 atom stereocenters. The van der Waals surface area contributed by atoms with Gasteiger partial charge in [-0.3, -0.25) is 10.1 Å². The highest BCUT2D eigenvalue weighted by Gasteiger charge is 2.26. The standard InChI is InChI=1S/C11H19N3O4S2/c1-11(2,13(3)4)7-12-10-8(14(15)16)6-9(19-10)20(5,17)18/h6,12H,7H2,1-5H3. The lowest BCUT2D eigenvalue weighted by Gasteiger charge is -2.32. The minimum atomic E-state index is -3.44. The van der Waals surface area contributed by atoms with Crippen molar-refractivity contribution >= 4 is 31.9 Å². The molecule has 0 fully saturated rings. The van der Waals surface area contributed by atoms with Crippen LogP contribution >= 0.6 is 11.3 Å². The summed E-state index contributed by atoms with van der Waals surface area (Å²) in [6.07, 6.45) is 1.04. The third kappa shape index (κ3) is 3.90. The average Bonchev–Trinajstić information content (AvgIpc) is 2.69. The molecule has 0 aliphatic heterocycles. The Hall–Kier alpha value is -1.19. The van der Waals surface area contributed by atoms with Crippen molar-refractivity contribution in [2.75, 3.05) is 32.2 Å². The monoisotopic (exact) mass is 321 g/mol. The van der Waals surface area contributed by atoms with Crippen LogP contribution in [-0.4, -0.2) is 50.7 Å². The lowest BCUT2D eigenvalue weighted by molar-refractivity contribution is -0.383. The van der Waals surface area contributed by atoms with E-state index in [1.54, 1.807) is 0 Å². The molecule has 0 unspecified atom stereocenters. The highest BCUT2D eigenvalue weighted by Crippen LogP contribution is 2.37. The van der Waals surface area contributed by atoms with Gasteiger partial charge in [0.05, 0.1) is 4.92 Å². The first-order chi connectivity index (χ1) is 8.95. The third-order valence-electron chi connectivity index (χ3n) is 3.14. The molecule has 0 radical (unpaired) electrons. The SMILES string of the molecule is CN(C)C(C)(C)CNc1sc(S(C)(=O)=O)cc1[N+](=O)[O-]. The van der Waals surface area contributed by atoms with Gasteiger partial charge in [-0.2, -0.15) is 0 Å². The molecule has 1 aromatic rings. The van der Waals surface area contributed by atoms with Gasteiger partial charge in [-0.15, -0.1) is 0 Å². The van der Waals surface area contributed by atoms with Gasteiger partial charge < -0.3 is 10.2 Å². The summed E-state index contributed by atoms with van der Waals surface area (Å²) in [4.78, 5) is 12.4. The molecule has 114 valence electrons. The van der Waals surface area contributed by atoms with Crippen LogP contribution in [0, 0.1) is 10.1 Å². The van der Waals surface area contributed by atoms with Gasteiger partial charge in [-0.1, -0.05) is 11.3 Å². The van der Waals surface area contributed by atoms with E-state index < -0.39 is 14.8 Å². The van der Waals surface area contributed by atoms with Crippen LogP contribution in [0.1, 0.15) is 13.8 Å². The van der Waals surface area contributed by atoms with E-state index in [1.165, 1.54) is 0 Å². The van der Waals surface area contributed by atoms with Crippen LogP contribution in [0.5, 0.6) is 0 Å². The normalized spacial score (nSPS) is 12.7. The summed E-state index contributed by atoms with van der Waals surface area (Å²) in [6.45, 7) is 4.43. The zero-order valence-corrected chi connectivity index (χ0v) is 13.8. The molecular weight excluding hydrogens is 302 g/mol. The van der Waals surface area contributed by atoms with Crippen molar-refractivity contribution in [2.45, 2.75) is 23.6 Å².